The molecule has 0 bridgehead atoms. The summed E-state index contributed by atoms with van der Waals surface area (Å²) in [6.45, 7) is 1.91. The number of hydrogen-bond donors (Lipinski definition) is 2. The molecule has 1 rings (SSSR count). The Morgan fingerprint density at radius 2 is 2.24 bits per heavy atom. The van der Waals surface area contributed by atoms with E-state index in [1.54, 1.807) is 13.0 Å². The highest BCUT2D eigenvalue weighted by molar-refractivity contribution is 7.98. The third kappa shape index (κ3) is 4.93. The summed E-state index contributed by atoms with van der Waals surface area (Å²) < 4.78 is 13.0. The van der Waals surface area contributed by atoms with E-state index in [2.05, 4.69) is 5.32 Å². The molecular formula is C11H16ClFN2OS. The summed E-state index contributed by atoms with van der Waals surface area (Å²) in [6.07, 6.45) is 1.91. The maximum absolute atomic E-state index is 13.0. The molecule has 0 aliphatic rings. The van der Waals surface area contributed by atoms with Gasteiger partial charge in [0.1, 0.15) is 5.82 Å². The van der Waals surface area contributed by atoms with Gasteiger partial charge in [0, 0.05) is 11.4 Å². The highest BCUT2D eigenvalue weighted by Crippen LogP contribution is 2.21. The van der Waals surface area contributed by atoms with E-state index in [1.165, 1.54) is 23.9 Å². The second kappa shape index (κ2) is 7.53. The lowest BCUT2D eigenvalue weighted by Gasteiger charge is -2.10. The molecule has 1 atom stereocenters. The zero-order valence-electron chi connectivity index (χ0n) is 9.70. The van der Waals surface area contributed by atoms with Crippen LogP contribution in [0.2, 0.25) is 0 Å². The number of benzene rings is 1. The van der Waals surface area contributed by atoms with Gasteiger partial charge in [-0.15, -0.1) is 24.2 Å². The van der Waals surface area contributed by atoms with Crippen LogP contribution in [-0.2, 0) is 11.3 Å². The van der Waals surface area contributed by atoms with Crippen LogP contribution >= 0.6 is 24.2 Å². The summed E-state index contributed by atoms with van der Waals surface area (Å²) in [6, 6.07) is 3.98. The smallest absolute Gasteiger partial charge is 0.236 e. The van der Waals surface area contributed by atoms with Gasteiger partial charge in [0.2, 0.25) is 5.91 Å². The Balaban J connectivity index is 0.00000256. The van der Waals surface area contributed by atoms with Crippen LogP contribution in [0.15, 0.2) is 23.1 Å². The van der Waals surface area contributed by atoms with E-state index >= 15 is 0 Å². The number of carbonyl (C=O) groups is 1. The third-order valence-corrected chi connectivity index (χ3v) is 2.95. The molecule has 96 valence electrons. The molecule has 3 nitrogen and oxygen atoms in total. The second-order valence-electron chi connectivity index (χ2n) is 3.46. The molecule has 1 aromatic carbocycles. The fourth-order valence-electron chi connectivity index (χ4n) is 1.23. The van der Waals surface area contributed by atoms with E-state index in [1.807, 2.05) is 6.26 Å². The van der Waals surface area contributed by atoms with E-state index in [0.717, 1.165) is 10.5 Å². The molecule has 0 fully saturated rings. The first-order chi connectivity index (χ1) is 7.54. The topological polar surface area (TPSA) is 55.1 Å². The standard InChI is InChI=1S/C11H15FN2OS.ClH/c1-7(13)11(15)14-6-8-5-9(12)3-4-10(8)16-2;/h3-5,7H,6,13H2,1-2H3,(H,14,15);1H/t7-;/m1./s1. The molecule has 3 N–H and O–H groups in total. The van der Waals surface area contributed by atoms with Crippen molar-refractivity contribution >= 4 is 30.1 Å². The largest absolute Gasteiger partial charge is 0.351 e. The van der Waals surface area contributed by atoms with Crippen LogP contribution in [0.3, 0.4) is 0 Å². The minimum Gasteiger partial charge on any atom is -0.351 e. The lowest BCUT2D eigenvalue weighted by atomic mass is 10.2. The van der Waals surface area contributed by atoms with Crippen molar-refractivity contribution in [3.05, 3.63) is 29.6 Å². The molecule has 1 aromatic rings. The van der Waals surface area contributed by atoms with Gasteiger partial charge in [-0.25, -0.2) is 4.39 Å². The Hall–Kier alpha value is -0.780. The van der Waals surface area contributed by atoms with Crippen molar-refractivity contribution in [2.24, 2.45) is 5.73 Å². The molecule has 0 saturated carbocycles. The van der Waals surface area contributed by atoms with Gasteiger partial charge >= 0.3 is 0 Å². The second-order valence-corrected chi connectivity index (χ2v) is 4.31. The molecular weight excluding hydrogens is 263 g/mol. The predicted molar refractivity (Wildman–Crippen MR) is 70.9 cm³/mol. The highest BCUT2D eigenvalue weighted by atomic mass is 35.5. The first kappa shape index (κ1) is 16.2. The molecule has 0 unspecified atom stereocenters. The number of nitrogens with one attached hydrogen (secondary N) is 1. The summed E-state index contributed by atoms with van der Waals surface area (Å²) in [4.78, 5) is 12.2. The Labute approximate surface area is 111 Å². The number of hydrogen-bond acceptors (Lipinski definition) is 3. The molecule has 1 amide bonds. The summed E-state index contributed by atoms with van der Waals surface area (Å²) in [7, 11) is 0. The maximum atomic E-state index is 13.0. The van der Waals surface area contributed by atoms with Crippen LogP contribution in [0, 0.1) is 5.82 Å². The SMILES string of the molecule is CSc1ccc(F)cc1CNC(=O)[C@@H](C)N.Cl. The lowest BCUT2D eigenvalue weighted by molar-refractivity contribution is -0.122. The van der Waals surface area contributed by atoms with Gasteiger partial charge in [-0.1, -0.05) is 0 Å². The van der Waals surface area contributed by atoms with Gasteiger partial charge in [-0.3, -0.25) is 4.79 Å². The van der Waals surface area contributed by atoms with Crippen molar-refractivity contribution < 1.29 is 9.18 Å². The Kier molecular flexibility index (Phi) is 7.18. The minimum atomic E-state index is -0.550. The third-order valence-electron chi connectivity index (χ3n) is 2.11. The molecule has 0 spiro atoms. The molecule has 0 aromatic heterocycles. The number of thioether (sulfide) groups is 1. The first-order valence-electron chi connectivity index (χ1n) is 4.90. The van der Waals surface area contributed by atoms with Crippen LogP contribution in [0.5, 0.6) is 0 Å². The monoisotopic (exact) mass is 278 g/mol. The van der Waals surface area contributed by atoms with Gasteiger partial charge in [0.25, 0.3) is 0 Å². The van der Waals surface area contributed by atoms with Gasteiger partial charge in [-0.2, -0.15) is 0 Å². The minimum absolute atomic E-state index is 0. The summed E-state index contributed by atoms with van der Waals surface area (Å²) >= 11 is 1.51. The number of halogens is 2. The fourth-order valence-corrected chi connectivity index (χ4v) is 1.83. The van der Waals surface area contributed by atoms with E-state index in [4.69, 9.17) is 5.73 Å². The quantitative estimate of drug-likeness (QED) is 0.828. The van der Waals surface area contributed by atoms with Crippen molar-refractivity contribution in [1.82, 2.24) is 5.32 Å². The molecule has 0 saturated heterocycles. The molecule has 0 heterocycles. The molecule has 0 aliphatic heterocycles. The van der Waals surface area contributed by atoms with Crippen molar-refractivity contribution in [3.8, 4) is 0 Å². The average molecular weight is 279 g/mol. The van der Waals surface area contributed by atoms with Crippen molar-refractivity contribution in [2.75, 3.05) is 6.26 Å². The van der Waals surface area contributed by atoms with Crippen LogP contribution in [-0.4, -0.2) is 18.2 Å². The van der Waals surface area contributed by atoms with Crippen molar-refractivity contribution in [3.63, 3.8) is 0 Å². The normalized spacial score (nSPS) is 11.5. The van der Waals surface area contributed by atoms with Crippen molar-refractivity contribution in [2.45, 2.75) is 24.4 Å². The summed E-state index contributed by atoms with van der Waals surface area (Å²) in [5.74, 6) is -0.542. The Morgan fingerprint density at radius 3 is 2.76 bits per heavy atom. The first-order valence-corrected chi connectivity index (χ1v) is 6.12. The zero-order chi connectivity index (χ0) is 12.1. The van der Waals surface area contributed by atoms with Gasteiger partial charge < -0.3 is 11.1 Å². The molecule has 6 heteroatoms. The van der Waals surface area contributed by atoms with Crippen LogP contribution in [0.1, 0.15) is 12.5 Å². The number of rotatable bonds is 4. The van der Waals surface area contributed by atoms with Crippen LogP contribution in [0.4, 0.5) is 4.39 Å². The summed E-state index contributed by atoms with van der Waals surface area (Å²) in [5, 5.41) is 2.66. The van der Waals surface area contributed by atoms with E-state index < -0.39 is 6.04 Å². The lowest BCUT2D eigenvalue weighted by Crippen LogP contribution is -2.37. The molecule has 0 radical (unpaired) electrons. The number of carbonyl (C=O) groups excluding carboxylic acids is 1. The predicted octanol–water partition coefficient (Wildman–Crippen LogP) is 1.93. The van der Waals surface area contributed by atoms with Crippen molar-refractivity contribution in [1.29, 1.82) is 0 Å². The maximum Gasteiger partial charge on any atom is 0.236 e. The molecule has 0 aliphatic carbocycles. The van der Waals surface area contributed by atoms with E-state index in [0.29, 0.717) is 6.54 Å². The van der Waals surface area contributed by atoms with Gasteiger partial charge in [0.15, 0.2) is 0 Å². The van der Waals surface area contributed by atoms with Gasteiger partial charge in [-0.05, 0) is 36.9 Å². The fraction of sp³-hybridized carbons (Fsp3) is 0.364. The van der Waals surface area contributed by atoms with Crippen LogP contribution < -0.4 is 11.1 Å². The van der Waals surface area contributed by atoms with E-state index in [-0.39, 0.29) is 24.1 Å². The Morgan fingerprint density at radius 1 is 1.59 bits per heavy atom. The van der Waals surface area contributed by atoms with Gasteiger partial charge in [0.05, 0.1) is 6.04 Å². The molecule has 17 heavy (non-hydrogen) atoms. The average Bonchev–Trinajstić information content (AvgIpc) is 2.25. The Bertz CT molecular complexity index is 388. The van der Waals surface area contributed by atoms with Crippen LogP contribution in [0.25, 0.3) is 0 Å². The zero-order valence-corrected chi connectivity index (χ0v) is 11.3. The number of amides is 1. The summed E-state index contributed by atoms with van der Waals surface area (Å²) in [5.41, 5.74) is 6.17. The van der Waals surface area contributed by atoms with E-state index in [9.17, 15) is 9.18 Å². The number of nitrogens with two attached hydrogens (primary N) is 1. The highest BCUT2D eigenvalue weighted by Gasteiger charge is 2.08.